The molecule has 0 aliphatic heterocycles. The van der Waals surface area contributed by atoms with Crippen LogP contribution in [0.15, 0.2) is 30.6 Å². The Balaban J connectivity index is 2.17. The van der Waals surface area contributed by atoms with E-state index in [1.807, 2.05) is 6.92 Å². The minimum Gasteiger partial charge on any atom is -0.465 e. The van der Waals surface area contributed by atoms with Crippen LogP contribution in [0.5, 0.6) is 0 Å². The first-order valence-electron chi connectivity index (χ1n) is 7.29. The number of rotatable bonds is 5. The lowest BCUT2D eigenvalue weighted by Crippen LogP contribution is -2.18. The standard InChI is InChI=1S/C16H16F3N3O3/c1-10-8-20-22(9-10)6-5-14(23)21-13-7-11(16(17,18)19)3-4-12(13)15(24)25-2/h3-4,7-9H,5-6H2,1-2H3,(H,21,23). The number of nitrogens with zero attached hydrogens (tertiary/aromatic N) is 2. The predicted octanol–water partition coefficient (Wildman–Crippen LogP) is 3.03. The molecule has 1 heterocycles. The largest absolute Gasteiger partial charge is 0.465 e. The zero-order chi connectivity index (χ0) is 18.6. The molecule has 0 saturated heterocycles. The molecule has 25 heavy (non-hydrogen) atoms. The summed E-state index contributed by atoms with van der Waals surface area (Å²) in [5, 5.41) is 6.35. The van der Waals surface area contributed by atoms with Crippen molar-refractivity contribution in [2.24, 2.45) is 0 Å². The number of methoxy groups -OCH3 is 1. The van der Waals surface area contributed by atoms with Gasteiger partial charge in [0, 0.05) is 19.2 Å². The van der Waals surface area contributed by atoms with E-state index in [9.17, 15) is 22.8 Å². The van der Waals surface area contributed by atoms with Gasteiger partial charge in [0.25, 0.3) is 0 Å². The first kappa shape index (κ1) is 18.5. The molecule has 9 heteroatoms. The fourth-order valence-electron chi connectivity index (χ4n) is 2.13. The van der Waals surface area contributed by atoms with Crippen molar-refractivity contribution in [3.63, 3.8) is 0 Å². The van der Waals surface area contributed by atoms with Gasteiger partial charge in [-0.1, -0.05) is 0 Å². The van der Waals surface area contributed by atoms with Crippen molar-refractivity contribution in [2.45, 2.75) is 26.1 Å². The third kappa shape index (κ3) is 4.82. The zero-order valence-electron chi connectivity index (χ0n) is 13.6. The number of esters is 1. The van der Waals surface area contributed by atoms with Crippen molar-refractivity contribution in [2.75, 3.05) is 12.4 Å². The molecule has 2 rings (SSSR count). The van der Waals surface area contributed by atoms with Crippen molar-refractivity contribution in [1.82, 2.24) is 9.78 Å². The van der Waals surface area contributed by atoms with E-state index in [1.54, 1.807) is 17.1 Å². The summed E-state index contributed by atoms with van der Waals surface area (Å²) in [5.41, 5.74) is -0.452. The van der Waals surface area contributed by atoms with Crippen LogP contribution in [0.4, 0.5) is 18.9 Å². The molecule has 0 fully saturated rings. The molecule has 0 atom stereocenters. The number of aromatic nitrogens is 2. The maximum absolute atomic E-state index is 12.9. The maximum Gasteiger partial charge on any atom is 0.416 e. The van der Waals surface area contributed by atoms with Crippen LogP contribution in [0.1, 0.15) is 27.9 Å². The highest BCUT2D eigenvalue weighted by Gasteiger charge is 2.32. The lowest BCUT2D eigenvalue weighted by atomic mass is 10.1. The number of carbonyl (C=O) groups excluding carboxylic acids is 2. The fourth-order valence-corrected chi connectivity index (χ4v) is 2.13. The van der Waals surface area contributed by atoms with Gasteiger partial charge in [0.1, 0.15) is 0 Å². The topological polar surface area (TPSA) is 73.2 Å². The van der Waals surface area contributed by atoms with Gasteiger partial charge in [-0.3, -0.25) is 9.48 Å². The van der Waals surface area contributed by atoms with Gasteiger partial charge in [0.05, 0.1) is 30.1 Å². The number of nitrogens with one attached hydrogen (secondary N) is 1. The molecule has 0 aliphatic carbocycles. The van der Waals surface area contributed by atoms with Gasteiger partial charge >= 0.3 is 12.1 Å². The third-order valence-corrected chi connectivity index (χ3v) is 3.36. The van der Waals surface area contributed by atoms with E-state index >= 15 is 0 Å². The minimum absolute atomic E-state index is 0.0159. The van der Waals surface area contributed by atoms with E-state index in [-0.39, 0.29) is 24.2 Å². The molecule has 2 aromatic rings. The van der Waals surface area contributed by atoms with Gasteiger partial charge in [-0.2, -0.15) is 18.3 Å². The highest BCUT2D eigenvalue weighted by atomic mass is 19.4. The highest BCUT2D eigenvalue weighted by Crippen LogP contribution is 2.32. The molecule has 1 aromatic heterocycles. The second-order valence-electron chi connectivity index (χ2n) is 5.33. The molecule has 0 radical (unpaired) electrons. The van der Waals surface area contributed by atoms with E-state index in [4.69, 9.17) is 0 Å². The molecule has 1 aromatic carbocycles. The Bertz CT molecular complexity index is 784. The van der Waals surface area contributed by atoms with Crippen LogP contribution < -0.4 is 5.32 Å². The van der Waals surface area contributed by atoms with Crippen LogP contribution in [0.2, 0.25) is 0 Å². The zero-order valence-corrected chi connectivity index (χ0v) is 13.6. The van der Waals surface area contributed by atoms with Crippen LogP contribution in [-0.4, -0.2) is 28.8 Å². The molecule has 6 nitrogen and oxygen atoms in total. The molecule has 0 aliphatic rings. The quantitative estimate of drug-likeness (QED) is 0.837. The maximum atomic E-state index is 12.9. The Kier molecular flexibility index (Phi) is 5.45. The smallest absolute Gasteiger partial charge is 0.416 e. The Morgan fingerprint density at radius 3 is 2.60 bits per heavy atom. The van der Waals surface area contributed by atoms with Crippen LogP contribution in [0.25, 0.3) is 0 Å². The predicted molar refractivity (Wildman–Crippen MR) is 83.0 cm³/mol. The summed E-state index contributed by atoms with van der Waals surface area (Å²) in [6.07, 6.45) is -1.25. The van der Waals surface area contributed by atoms with Crippen LogP contribution >= 0.6 is 0 Å². The molecule has 0 saturated carbocycles. The van der Waals surface area contributed by atoms with Crippen LogP contribution in [0, 0.1) is 6.92 Å². The number of benzene rings is 1. The van der Waals surface area contributed by atoms with E-state index in [0.717, 1.165) is 24.8 Å². The normalized spacial score (nSPS) is 11.2. The van der Waals surface area contributed by atoms with Crippen molar-refractivity contribution >= 4 is 17.6 Å². The third-order valence-electron chi connectivity index (χ3n) is 3.36. The molecule has 134 valence electrons. The summed E-state index contributed by atoms with van der Waals surface area (Å²) >= 11 is 0. The van der Waals surface area contributed by atoms with E-state index in [0.29, 0.717) is 6.07 Å². The van der Waals surface area contributed by atoms with Crippen molar-refractivity contribution in [3.05, 3.63) is 47.3 Å². The first-order valence-corrected chi connectivity index (χ1v) is 7.29. The van der Waals surface area contributed by atoms with Gasteiger partial charge < -0.3 is 10.1 Å². The van der Waals surface area contributed by atoms with Crippen molar-refractivity contribution in [1.29, 1.82) is 0 Å². The van der Waals surface area contributed by atoms with E-state index < -0.39 is 23.6 Å². The molecule has 0 bridgehead atoms. The number of anilines is 1. The van der Waals surface area contributed by atoms with Gasteiger partial charge in [0.2, 0.25) is 5.91 Å². The number of alkyl halides is 3. The summed E-state index contributed by atoms with van der Waals surface area (Å²) in [6, 6.07) is 2.44. The molecule has 1 amide bonds. The first-order chi connectivity index (χ1) is 11.7. The molecule has 0 unspecified atom stereocenters. The Labute approximate surface area is 141 Å². The van der Waals surface area contributed by atoms with Crippen LogP contribution in [0.3, 0.4) is 0 Å². The fraction of sp³-hybridized carbons (Fsp3) is 0.312. The number of hydrogen-bond acceptors (Lipinski definition) is 4. The average molecular weight is 355 g/mol. The number of amides is 1. The Morgan fingerprint density at radius 1 is 1.32 bits per heavy atom. The number of aryl methyl sites for hydroxylation is 2. The summed E-state index contributed by atoms with van der Waals surface area (Å²) in [4.78, 5) is 23.7. The summed E-state index contributed by atoms with van der Waals surface area (Å²) in [7, 11) is 1.10. The summed E-state index contributed by atoms with van der Waals surface area (Å²) in [5.74, 6) is -1.38. The average Bonchev–Trinajstić information content (AvgIpc) is 2.97. The number of halogens is 3. The number of hydrogen-bond donors (Lipinski definition) is 1. The van der Waals surface area contributed by atoms with E-state index in [2.05, 4.69) is 15.2 Å². The van der Waals surface area contributed by atoms with E-state index in [1.165, 1.54) is 0 Å². The van der Waals surface area contributed by atoms with Crippen LogP contribution in [-0.2, 0) is 22.3 Å². The van der Waals surface area contributed by atoms with Gasteiger partial charge in [-0.15, -0.1) is 0 Å². The SMILES string of the molecule is COC(=O)c1ccc(C(F)(F)F)cc1NC(=O)CCn1cc(C)cn1. The number of ether oxygens (including phenoxy) is 1. The minimum atomic E-state index is -4.60. The molecule has 0 spiro atoms. The van der Waals surface area contributed by atoms with Gasteiger partial charge in [-0.25, -0.2) is 4.79 Å². The number of carbonyl (C=O) groups is 2. The Hall–Kier alpha value is -2.84. The summed E-state index contributed by atoms with van der Waals surface area (Å²) in [6.45, 7) is 2.10. The lowest BCUT2D eigenvalue weighted by Gasteiger charge is -2.13. The second kappa shape index (κ2) is 7.37. The molecular weight excluding hydrogens is 339 g/mol. The highest BCUT2D eigenvalue weighted by molar-refractivity contribution is 6.01. The Morgan fingerprint density at radius 2 is 2.04 bits per heavy atom. The van der Waals surface area contributed by atoms with Gasteiger partial charge in [-0.05, 0) is 30.7 Å². The molecular formula is C16H16F3N3O3. The van der Waals surface area contributed by atoms with Crippen molar-refractivity contribution < 1.29 is 27.5 Å². The van der Waals surface area contributed by atoms with Gasteiger partial charge in [0.15, 0.2) is 0 Å². The van der Waals surface area contributed by atoms with Crippen molar-refractivity contribution in [3.8, 4) is 0 Å². The lowest BCUT2D eigenvalue weighted by molar-refractivity contribution is -0.137. The monoisotopic (exact) mass is 355 g/mol. The second-order valence-corrected chi connectivity index (χ2v) is 5.33. The molecule has 1 N–H and O–H groups in total. The summed E-state index contributed by atoms with van der Waals surface area (Å²) < 4.78 is 44.6.